The molecule has 0 aliphatic rings. The molecule has 158 valence electrons. The van der Waals surface area contributed by atoms with Crippen LogP contribution in [0.25, 0.3) is 22.3 Å². The molecular formula is C23H23N5O2S. The molecule has 3 aromatic heterocycles. The molecule has 0 aliphatic carbocycles. The van der Waals surface area contributed by atoms with Gasteiger partial charge in [0.1, 0.15) is 0 Å². The first-order valence-electron chi connectivity index (χ1n) is 10.2. The van der Waals surface area contributed by atoms with Crippen LogP contribution in [-0.4, -0.2) is 37.3 Å². The second kappa shape index (κ2) is 9.26. The molecule has 8 heteroatoms. The van der Waals surface area contributed by atoms with Crippen molar-refractivity contribution in [1.29, 1.82) is 0 Å². The highest BCUT2D eigenvalue weighted by atomic mass is 32.2. The Labute approximate surface area is 184 Å². The molecule has 0 saturated heterocycles. The van der Waals surface area contributed by atoms with Crippen molar-refractivity contribution in [2.24, 2.45) is 0 Å². The van der Waals surface area contributed by atoms with Crippen LogP contribution in [0.1, 0.15) is 35.5 Å². The summed E-state index contributed by atoms with van der Waals surface area (Å²) < 4.78 is 7.38. The quantitative estimate of drug-likeness (QED) is 0.309. The Morgan fingerprint density at radius 2 is 1.87 bits per heavy atom. The number of aromatic nitrogens is 5. The van der Waals surface area contributed by atoms with Gasteiger partial charge in [-0.15, -0.1) is 10.2 Å². The third kappa shape index (κ3) is 4.16. The predicted octanol–water partition coefficient (Wildman–Crippen LogP) is 4.69. The lowest BCUT2D eigenvalue weighted by Gasteiger charge is -2.14. The van der Waals surface area contributed by atoms with Crippen molar-refractivity contribution in [3.05, 3.63) is 65.6 Å². The van der Waals surface area contributed by atoms with Gasteiger partial charge in [-0.25, -0.2) is 4.79 Å². The number of pyridine rings is 2. The number of para-hydroxylation sites is 1. The number of nitrogens with zero attached hydrogens (tertiary/aromatic N) is 5. The van der Waals surface area contributed by atoms with Crippen molar-refractivity contribution in [2.45, 2.75) is 38.2 Å². The molecule has 0 bridgehead atoms. The summed E-state index contributed by atoms with van der Waals surface area (Å²) >= 11 is 1.51. The fourth-order valence-electron chi connectivity index (χ4n) is 3.55. The maximum atomic E-state index is 12.7. The number of fused-ring (bicyclic) bond motifs is 1. The van der Waals surface area contributed by atoms with E-state index in [1.807, 2.05) is 43.3 Å². The van der Waals surface area contributed by atoms with Crippen LogP contribution in [0, 0.1) is 6.92 Å². The molecule has 3 heterocycles. The van der Waals surface area contributed by atoms with Gasteiger partial charge in [0, 0.05) is 35.6 Å². The molecule has 31 heavy (non-hydrogen) atoms. The van der Waals surface area contributed by atoms with Gasteiger partial charge in [0.25, 0.3) is 0 Å². The van der Waals surface area contributed by atoms with Crippen molar-refractivity contribution in [3.63, 3.8) is 0 Å². The van der Waals surface area contributed by atoms with Crippen LogP contribution < -0.4 is 0 Å². The highest BCUT2D eigenvalue weighted by Gasteiger charge is 2.21. The highest BCUT2D eigenvalue weighted by molar-refractivity contribution is 7.98. The molecule has 4 rings (SSSR count). The van der Waals surface area contributed by atoms with Crippen LogP contribution in [0.4, 0.5) is 0 Å². The van der Waals surface area contributed by atoms with E-state index in [1.54, 1.807) is 19.3 Å². The van der Waals surface area contributed by atoms with Gasteiger partial charge in [0.15, 0.2) is 11.0 Å². The SMILES string of the molecule is CCOC(=O)c1c(CSc2nnc(-c3ccncc3)n2CC)nc2ccccc2c1C. The van der Waals surface area contributed by atoms with Crippen molar-refractivity contribution in [2.75, 3.05) is 6.61 Å². The first-order valence-corrected chi connectivity index (χ1v) is 11.1. The minimum absolute atomic E-state index is 0.317. The maximum Gasteiger partial charge on any atom is 0.340 e. The van der Waals surface area contributed by atoms with E-state index in [0.717, 1.165) is 39.6 Å². The minimum Gasteiger partial charge on any atom is -0.462 e. The molecule has 0 amide bonds. The van der Waals surface area contributed by atoms with E-state index in [9.17, 15) is 4.79 Å². The number of benzene rings is 1. The van der Waals surface area contributed by atoms with E-state index in [4.69, 9.17) is 9.72 Å². The summed E-state index contributed by atoms with van der Waals surface area (Å²) in [5, 5.41) is 10.5. The molecule has 0 spiro atoms. The Bertz CT molecular complexity index is 1220. The lowest BCUT2D eigenvalue weighted by molar-refractivity contribution is 0.0524. The molecule has 4 aromatic rings. The van der Waals surface area contributed by atoms with Crippen LogP contribution in [0.5, 0.6) is 0 Å². The fraction of sp³-hybridized carbons (Fsp3) is 0.261. The summed E-state index contributed by atoms with van der Waals surface area (Å²) in [6, 6.07) is 11.7. The van der Waals surface area contributed by atoms with E-state index < -0.39 is 0 Å². The number of carbonyl (C=O) groups excluding carboxylic acids is 1. The van der Waals surface area contributed by atoms with Crippen LogP contribution in [-0.2, 0) is 17.0 Å². The summed E-state index contributed by atoms with van der Waals surface area (Å²) in [6.07, 6.45) is 3.48. The van der Waals surface area contributed by atoms with E-state index >= 15 is 0 Å². The van der Waals surface area contributed by atoms with E-state index in [1.165, 1.54) is 11.8 Å². The van der Waals surface area contributed by atoms with Gasteiger partial charge >= 0.3 is 5.97 Å². The van der Waals surface area contributed by atoms with Gasteiger partial charge in [0.2, 0.25) is 0 Å². The highest BCUT2D eigenvalue weighted by Crippen LogP contribution is 2.30. The Morgan fingerprint density at radius 1 is 1.10 bits per heavy atom. The lowest BCUT2D eigenvalue weighted by Crippen LogP contribution is -2.12. The number of hydrogen-bond acceptors (Lipinski definition) is 7. The Morgan fingerprint density at radius 3 is 2.61 bits per heavy atom. The third-order valence-electron chi connectivity index (χ3n) is 5.02. The lowest BCUT2D eigenvalue weighted by atomic mass is 10.0. The number of ether oxygens (including phenoxy) is 1. The second-order valence-corrected chi connectivity index (χ2v) is 7.81. The summed E-state index contributed by atoms with van der Waals surface area (Å²) in [5.41, 5.74) is 3.93. The molecule has 0 unspecified atom stereocenters. The van der Waals surface area contributed by atoms with Gasteiger partial charge in [0.05, 0.1) is 23.4 Å². The zero-order valence-electron chi connectivity index (χ0n) is 17.7. The summed E-state index contributed by atoms with van der Waals surface area (Å²) in [5.74, 6) is 0.929. The average molecular weight is 434 g/mol. The number of thioether (sulfide) groups is 1. The molecule has 0 fully saturated rings. The summed E-state index contributed by atoms with van der Waals surface area (Å²) in [4.78, 5) is 21.6. The number of carbonyl (C=O) groups is 1. The van der Waals surface area contributed by atoms with Crippen molar-refractivity contribution in [1.82, 2.24) is 24.7 Å². The fourth-order valence-corrected chi connectivity index (χ4v) is 4.49. The molecule has 1 aromatic carbocycles. The normalized spacial score (nSPS) is 11.1. The number of rotatable bonds is 7. The Hall–Kier alpha value is -3.26. The van der Waals surface area contributed by atoms with Gasteiger partial charge in [-0.2, -0.15) is 0 Å². The monoisotopic (exact) mass is 433 g/mol. The summed E-state index contributed by atoms with van der Waals surface area (Å²) in [6.45, 7) is 6.85. The maximum absolute atomic E-state index is 12.7. The molecule has 0 saturated carbocycles. The van der Waals surface area contributed by atoms with Gasteiger partial charge in [-0.05, 0) is 44.5 Å². The van der Waals surface area contributed by atoms with Crippen LogP contribution in [0.2, 0.25) is 0 Å². The largest absolute Gasteiger partial charge is 0.462 e. The molecule has 0 N–H and O–H groups in total. The van der Waals surface area contributed by atoms with Crippen LogP contribution in [0.15, 0.2) is 53.9 Å². The van der Waals surface area contributed by atoms with Crippen molar-refractivity contribution >= 4 is 28.6 Å². The van der Waals surface area contributed by atoms with E-state index in [-0.39, 0.29) is 5.97 Å². The Kier molecular flexibility index (Phi) is 6.27. The molecule has 0 aliphatic heterocycles. The minimum atomic E-state index is -0.344. The molecule has 0 atom stereocenters. The Balaban J connectivity index is 1.70. The molecule has 7 nitrogen and oxygen atoms in total. The standard InChI is InChI=1S/C23H23N5O2S/c1-4-28-21(16-10-12-24-13-11-16)26-27-23(28)31-14-19-20(22(29)30-5-2)15(3)17-8-6-7-9-18(17)25-19/h6-13H,4-5,14H2,1-3H3. The van der Waals surface area contributed by atoms with E-state index in [0.29, 0.717) is 23.6 Å². The van der Waals surface area contributed by atoms with Crippen molar-refractivity contribution < 1.29 is 9.53 Å². The van der Waals surface area contributed by atoms with Crippen LogP contribution >= 0.6 is 11.8 Å². The third-order valence-corrected chi connectivity index (χ3v) is 5.99. The molecular weight excluding hydrogens is 410 g/mol. The number of aryl methyl sites for hydroxylation is 1. The van der Waals surface area contributed by atoms with E-state index in [2.05, 4.69) is 26.7 Å². The van der Waals surface area contributed by atoms with Gasteiger partial charge < -0.3 is 9.30 Å². The first-order chi connectivity index (χ1) is 15.1. The molecule has 0 radical (unpaired) electrons. The number of hydrogen-bond donors (Lipinski definition) is 0. The number of esters is 1. The van der Waals surface area contributed by atoms with Crippen molar-refractivity contribution in [3.8, 4) is 11.4 Å². The zero-order valence-corrected chi connectivity index (χ0v) is 18.5. The van der Waals surface area contributed by atoms with Gasteiger partial charge in [-0.1, -0.05) is 30.0 Å². The second-order valence-electron chi connectivity index (χ2n) is 6.87. The smallest absolute Gasteiger partial charge is 0.340 e. The van der Waals surface area contributed by atoms with Crippen LogP contribution in [0.3, 0.4) is 0 Å². The predicted molar refractivity (Wildman–Crippen MR) is 121 cm³/mol. The topological polar surface area (TPSA) is 82.8 Å². The summed E-state index contributed by atoms with van der Waals surface area (Å²) in [7, 11) is 0. The average Bonchev–Trinajstić information content (AvgIpc) is 3.21. The zero-order chi connectivity index (χ0) is 21.8. The first kappa shape index (κ1) is 21.0. The van der Waals surface area contributed by atoms with Gasteiger partial charge in [-0.3, -0.25) is 9.97 Å².